The van der Waals surface area contributed by atoms with Gasteiger partial charge in [0.05, 0.1) is 36.4 Å². The zero-order chi connectivity index (χ0) is 16.4. The number of nitro benzene ring substituents is 1. The molecular formula is C15H15N3O5. The number of nitro groups is 1. The predicted octanol–water partition coefficient (Wildman–Crippen LogP) is 2.21. The van der Waals surface area contributed by atoms with Crippen molar-refractivity contribution in [1.82, 2.24) is 9.78 Å². The maximum Gasteiger partial charge on any atom is 0.338 e. The van der Waals surface area contributed by atoms with Crippen molar-refractivity contribution in [1.29, 1.82) is 0 Å². The van der Waals surface area contributed by atoms with E-state index in [1.807, 2.05) is 6.20 Å². The summed E-state index contributed by atoms with van der Waals surface area (Å²) in [4.78, 5) is 22.3. The summed E-state index contributed by atoms with van der Waals surface area (Å²) < 4.78 is 11.9. The molecule has 0 radical (unpaired) electrons. The van der Waals surface area contributed by atoms with Crippen molar-refractivity contribution in [3.05, 3.63) is 46.3 Å². The number of non-ortho nitro benzene ring substituents is 1. The number of ether oxygens (including phenoxy) is 2. The van der Waals surface area contributed by atoms with Gasteiger partial charge in [-0.25, -0.2) is 4.79 Å². The molecule has 0 unspecified atom stereocenters. The van der Waals surface area contributed by atoms with Gasteiger partial charge in [-0.05, 0) is 18.1 Å². The second kappa shape index (κ2) is 6.17. The first kappa shape index (κ1) is 15.2. The van der Waals surface area contributed by atoms with E-state index in [1.165, 1.54) is 25.3 Å². The number of esters is 1. The number of methoxy groups -OCH3 is 1. The Morgan fingerprint density at radius 2 is 2.35 bits per heavy atom. The van der Waals surface area contributed by atoms with Crippen LogP contribution < -0.4 is 0 Å². The van der Waals surface area contributed by atoms with Crippen LogP contribution in [0.4, 0.5) is 5.69 Å². The SMILES string of the molecule is COC(=O)c1cc([N+](=O)[O-])ccc1-c1cnn([C@H]2CCOC2)c1. The third-order valence-corrected chi connectivity index (χ3v) is 3.81. The largest absolute Gasteiger partial charge is 0.465 e. The molecule has 8 nitrogen and oxygen atoms in total. The van der Waals surface area contributed by atoms with Crippen molar-refractivity contribution in [2.45, 2.75) is 12.5 Å². The van der Waals surface area contributed by atoms with Gasteiger partial charge in [-0.2, -0.15) is 5.10 Å². The predicted molar refractivity (Wildman–Crippen MR) is 80.1 cm³/mol. The Bertz CT molecular complexity index is 749. The van der Waals surface area contributed by atoms with E-state index in [9.17, 15) is 14.9 Å². The average molecular weight is 317 g/mol. The van der Waals surface area contributed by atoms with Crippen LogP contribution in [-0.2, 0) is 9.47 Å². The number of benzene rings is 1. The fourth-order valence-electron chi connectivity index (χ4n) is 2.58. The minimum absolute atomic E-state index is 0.143. The summed E-state index contributed by atoms with van der Waals surface area (Å²) in [6.07, 6.45) is 4.32. The minimum Gasteiger partial charge on any atom is -0.465 e. The maximum absolute atomic E-state index is 12.0. The molecule has 1 aromatic carbocycles. The molecule has 2 aromatic rings. The molecule has 1 fully saturated rings. The first-order valence-corrected chi connectivity index (χ1v) is 7.09. The monoisotopic (exact) mass is 317 g/mol. The Labute approximate surface area is 131 Å². The van der Waals surface area contributed by atoms with Crippen molar-refractivity contribution in [3.8, 4) is 11.1 Å². The van der Waals surface area contributed by atoms with E-state index >= 15 is 0 Å². The molecule has 3 rings (SSSR count). The molecule has 1 atom stereocenters. The van der Waals surface area contributed by atoms with Gasteiger partial charge in [0.2, 0.25) is 0 Å². The lowest BCUT2D eigenvalue weighted by Gasteiger charge is -2.08. The second-order valence-electron chi connectivity index (χ2n) is 5.21. The van der Waals surface area contributed by atoms with Crippen LogP contribution >= 0.6 is 0 Å². The molecule has 8 heteroatoms. The first-order chi connectivity index (χ1) is 11.1. The number of carbonyl (C=O) groups is 1. The zero-order valence-electron chi connectivity index (χ0n) is 12.5. The van der Waals surface area contributed by atoms with Crippen LogP contribution in [0.5, 0.6) is 0 Å². The van der Waals surface area contributed by atoms with E-state index < -0.39 is 10.9 Å². The standard InChI is InChI=1S/C15H15N3O5/c1-22-15(19)14-6-11(18(20)21)2-3-13(14)10-7-16-17(8-10)12-4-5-23-9-12/h2-3,6-8,12H,4-5,9H2,1H3/t12-/m0/s1. The van der Waals surface area contributed by atoms with Gasteiger partial charge in [0.15, 0.2) is 0 Å². The Morgan fingerprint density at radius 1 is 1.52 bits per heavy atom. The van der Waals surface area contributed by atoms with Crippen LogP contribution in [0.1, 0.15) is 22.8 Å². The van der Waals surface area contributed by atoms with E-state index in [0.29, 0.717) is 24.3 Å². The fourth-order valence-corrected chi connectivity index (χ4v) is 2.58. The number of rotatable bonds is 4. The lowest BCUT2D eigenvalue weighted by Crippen LogP contribution is -2.08. The van der Waals surface area contributed by atoms with Crippen molar-refractivity contribution in [3.63, 3.8) is 0 Å². The van der Waals surface area contributed by atoms with Crippen molar-refractivity contribution >= 4 is 11.7 Å². The van der Waals surface area contributed by atoms with Gasteiger partial charge in [0, 0.05) is 30.5 Å². The van der Waals surface area contributed by atoms with Gasteiger partial charge in [0.1, 0.15) is 0 Å². The lowest BCUT2D eigenvalue weighted by molar-refractivity contribution is -0.384. The van der Waals surface area contributed by atoms with Crippen LogP contribution in [-0.4, -0.2) is 41.0 Å². The van der Waals surface area contributed by atoms with E-state index in [2.05, 4.69) is 5.10 Å². The third-order valence-electron chi connectivity index (χ3n) is 3.81. The van der Waals surface area contributed by atoms with Gasteiger partial charge in [-0.15, -0.1) is 0 Å². The first-order valence-electron chi connectivity index (χ1n) is 7.09. The number of carbonyl (C=O) groups excluding carboxylic acids is 1. The second-order valence-corrected chi connectivity index (χ2v) is 5.21. The van der Waals surface area contributed by atoms with E-state index in [4.69, 9.17) is 9.47 Å². The van der Waals surface area contributed by atoms with Gasteiger partial charge < -0.3 is 9.47 Å². The Hall–Kier alpha value is -2.74. The van der Waals surface area contributed by atoms with Crippen molar-refractivity contribution < 1.29 is 19.2 Å². The van der Waals surface area contributed by atoms with Gasteiger partial charge in [-0.3, -0.25) is 14.8 Å². The quantitative estimate of drug-likeness (QED) is 0.487. The van der Waals surface area contributed by atoms with Crippen molar-refractivity contribution in [2.75, 3.05) is 20.3 Å². The highest BCUT2D eigenvalue weighted by Gasteiger charge is 2.22. The smallest absolute Gasteiger partial charge is 0.338 e. The number of hydrogen-bond acceptors (Lipinski definition) is 6. The van der Waals surface area contributed by atoms with Crippen molar-refractivity contribution in [2.24, 2.45) is 0 Å². The summed E-state index contributed by atoms with van der Waals surface area (Å²) in [5, 5.41) is 15.2. The number of hydrogen-bond donors (Lipinski definition) is 0. The molecule has 0 spiro atoms. The van der Waals surface area contributed by atoms with Crippen LogP contribution in [0.15, 0.2) is 30.6 Å². The fraction of sp³-hybridized carbons (Fsp3) is 0.333. The maximum atomic E-state index is 12.0. The van der Waals surface area contributed by atoms with Gasteiger partial charge in [-0.1, -0.05) is 0 Å². The molecule has 1 saturated heterocycles. The highest BCUT2D eigenvalue weighted by Crippen LogP contribution is 2.29. The van der Waals surface area contributed by atoms with Crippen LogP contribution in [0, 0.1) is 10.1 Å². The molecule has 23 heavy (non-hydrogen) atoms. The van der Waals surface area contributed by atoms with Gasteiger partial charge >= 0.3 is 5.97 Å². The number of aromatic nitrogens is 2. The molecule has 1 aliphatic rings. The van der Waals surface area contributed by atoms with Crippen LogP contribution in [0.3, 0.4) is 0 Å². The molecule has 0 saturated carbocycles. The molecule has 0 aliphatic carbocycles. The molecule has 2 heterocycles. The highest BCUT2D eigenvalue weighted by atomic mass is 16.6. The molecule has 0 amide bonds. The number of nitrogens with zero attached hydrogens (tertiary/aromatic N) is 3. The average Bonchev–Trinajstić information content (AvgIpc) is 3.24. The summed E-state index contributed by atoms with van der Waals surface area (Å²) in [5.74, 6) is -0.624. The minimum atomic E-state index is -0.624. The lowest BCUT2D eigenvalue weighted by atomic mass is 10.0. The van der Waals surface area contributed by atoms with Crippen LogP contribution in [0.2, 0.25) is 0 Å². The molecular weight excluding hydrogens is 302 g/mol. The summed E-state index contributed by atoms with van der Waals surface area (Å²) in [6.45, 7) is 1.30. The topological polar surface area (TPSA) is 96.5 Å². The molecule has 1 aliphatic heterocycles. The zero-order valence-corrected chi connectivity index (χ0v) is 12.5. The molecule has 0 N–H and O–H groups in total. The van der Waals surface area contributed by atoms with E-state index in [-0.39, 0.29) is 17.3 Å². The summed E-state index contributed by atoms with van der Waals surface area (Å²) in [6, 6.07) is 4.29. The Morgan fingerprint density at radius 3 is 3.00 bits per heavy atom. The molecule has 1 aromatic heterocycles. The molecule has 120 valence electrons. The third kappa shape index (κ3) is 2.93. The Kier molecular flexibility index (Phi) is 4.07. The van der Waals surface area contributed by atoms with E-state index in [0.717, 1.165) is 6.42 Å². The summed E-state index contributed by atoms with van der Waals surface area (Å²) in [7, 11) is 1.24. The molecule has 0 bridgehead atoms. The normalized spacial score (nSPS) is 17.2. The van der Waals surface area contributed by atoms with E-state index in [1.54, 1.807) is 10.9 Å². The summed E-state index contributed by atoms with van der Waals surface area (Å²) in [5.41, 5.74) is 1.23. The Balaban J connectivity index is 2.01. The van der Waals surface area contributed by atoms with Gasteiger partial charge in [0.25, 0.3) is 5.69 Å². The summed E-state index contributed by atoms with van der Waals surface area (Å²) >= 11 is 0. The van der Waals surface area contributed by atoms with Crippen LogP contribution in [0.25, 0.3) is 11.1 Å². The highest BCUT2D eigenvalue weighted by molar-refractivity contribution is 5.97.